The van der Waals surface area contributed by atoms with Crippen LogP contribution < -0.4 is 24.8 Å². The van der Waals surface area contributed by atoms with Gasteiger partial charge >= 0.3 is 0 Å². The number of nitrogens with one attached hydrogen (secondary N) is 3. The van der Waals surface area contributed by atoms with Gasteiger partial charge in [0.05, 0.1) is 42.8 Å². The van der Waals surface area contributed by atoms with Crippen molar-refractivity contribution in [3.05, 3.63) is 90.9 Å². The van der Waals surface area contributed by atoms with Gasteiger partial charge in [-0.15, -0.1) is 0 Å². The molecule has 2 aromatic heterocycles. The molecule has 0 saturated heterocycles. The van der Waals surface area contributed by atoms with Crippen LogP contribution in [0.2, 0.25) is 0 Å². The lowest BCUT2D eigenvalue weighted by Gasteiger charge is -2.15. The highest BCUT2D eigenvalue weighted by Gasteiger charge is 2.20. The summed E-state index contributed by atoms with van der Waals surface area (Å²) in [7, 11) is -1.08. The molecular formula is C28H25N5O6S. The molecular weight excluding hydrogens is 534 g/mol. The number of fused-ring (bicyclic) bond motifs is 1. The number of rotatable bonds is 10. The smallest absolute Gasteiger partial charge is 0.263 e. The summed E-state index contributed by atoms with van der Waals surface area (Å²) < 4.78 is 45.3. The molecule has 0 saturated carbocycles. The highest BCUT2D eigenvalue weighted by Crippen LogP contribution is 2.31. The number of hydrogen-bond acceptors (Lipinski definition) is 9. The normalized spacial score (nSPS) is 11.2. The molecule has 0 aliphatic carbocycles. The summed E-state index contributed by atoms with van der Waals surface area (Å²) in [6, 6.07) is 21.5. The van der Waals surface area contributed by atoms with E-state index in [1.54, 1.807) is 54.6 Å². The van der Waals surface area contributed by atoms with Crippen molar-refractivity contribution in [2.75, 3.05) is 29.6 Å². The zero-order valence-electron chi connectivity index (χ0n) is 21.5. The van der Waals surface area contributed by atoms with Gasteiger partial charge in [-0.1, -0.05) is 18.2 Å². The lowest BCUT2D eigenvalue weighted by molar-refractivity contribution is -0.115. The number of aromatic nitrogens is 2. The first-order valence-electron chi connectivity index (χ1n) is 12.0. The van der Waals surface area contributed by atoms with E-state index in [2.05, 4.69) is 25.3 Å². The first-order valence-corrected chi connectivity index (χ1v) is 13.5. The Kier molecular flexibility index (Phi) is 7.51. The summed E-state index contributed by atoms with van der Waals surface area (Å²) in [5, 5.41) is 5.81. The number of sulfonamides is 1. The third kappa shape index (κ3) is 6.13. The minimum absolute atomic E-state index is 0.0129. The summed E-state index contributed by atoms with van der Waals surface area (Å²) in [5.74, 6) is 1.35. The predicted molar refractivity (Wildman–Crippen MR) is 151 cm³/mol. The van der Waals surface area contributed by atoms with E-state index in [4.69, 9.17) is 13.9 Å². The largest absolute Gasteiger partial charge is 0.497 e. The highest BCUT2D eigenvalue weighted by molar-refractivity contribution is 7.92. The van der Waals surface area contributed by atoms with Gasteiger partial charge in [0.15, 0.2) is 11.6 Å². The van der Waals surface area contributed by atoms with Crippen molar-refractivity contribution in [3.8, 4) is 11.5 Å². The number of anilines is 4. The van der Waals surface area contributed by atoms with Crippen molar-refractivity contribution in [1.82, 2.24) is 9.97 Å². The van der Waals surface area contributed by atoms with Crippen LogP contribution in [0.15, 0.2) is 94.4 Å². The van der Waals surface area contributed by atoms with Gasteiger partial charge in [-0.3, -0.25) is 9.52 Å². The van der Waals surface area contributed by atoms with Gasteiger partial charge < -0.3 is 24.5 Å². The fraction of sp³-hybridized carbons (Fsp3) is 0.107. The molecule has 0 unspecified atom stereocenters. The summed E-state index contributed by atoms with van der Waals surface area (Å²) in [6.45, 7) is 0. The number of ether oxygens (including phenoxy) is 2. The van der Waals surface area contributed by atoms with Crippen LogP contribution in [0.4, 0.5) is 23.0 Å². The molecule has 0 bridgehead atoms. The second kappa shape index (κ2) is 11.3. The van der Waals surface area contributed by atoms with Crippen molar-refractivity contribution in [1.29, 1.82) is 0 Å². The van der Waals surface area contributed by atoms with E-state index >= 15 is 0 Å². The monoisotopic (exact) mass is 559 g/mol. The van der Waals surface area contributed by atoms with Gasteiger partial charge in [0.2, 0.25) is 5.91 Å². The van der Waals surface area contributed by atoms with Gasteiger partial charge in [-0.05, 0) is 42.5 Å². The lowest BCUT2D eigenvalue weighted by Crippen LogP contribution is -2.17. The molecule has 1 amide bonds. The molecule has 2 heterocycles. The first kappa shape index (κ1) is 26.5. The van der Waals surface area contributed by atoms with Crippen LogP contribution in [-0.2, 0) is 21.2 Å². The zero-order valence-corrected chi connectivity index (χ0v) is 22.4. The average molecular weight is 560 g/mol. The molecule has 40 heavy (non-hydrogen) atoms. The summed E-state index contributed by atoms with van der Waals surface area (Å²) in [5.41, 5.74) is 1.91. The van der Waals surface area contributed by atoms with Crippen LogP contribution in [0.5, 0.6) is 11.5 Å². The highest BCUT2D eigenvalue weighted by atomic mass is 32.2. The molecule has 0 aliphatic rings. The summed E-state index contributed by atoms with van der Waals surface area (Å²) >= 11 is 0. The molecule has 5 rings (SSSR count). The third-order valence-corrected chi connectivity index (χ3v) is 7.10. The number of hydrogen-bond donors (Lipinski definition) is 3. The van der Waals surface area contributed by atoms with Crippen molar-refractivity contribution >= 4 is 50.0 Å². The molecule has 204 valence electrons. The van der Waals surface area contributed by atoms with Gasteiger partial charge in [0, 0.05) is 29.6 Å². The molecule has 0 atom stereocenters. The van der Waals surface area contributed by atoms with E-state index in [1.807, 2.05) is 6.07 Å². The van der Waals surface area contributed by atoms with Crippen LogP contribution in [0.3, 0.4) is 0 Å². The number of methoxy groups -OCH3 is 2. The van der Waals surface area contributed by atoms with Crippen molar-refractivity contribution < 1.29 is 27.1 Å². The van der Waals surface area contributed by atoms with E-state index in [9.17, 15) is 13.2 Å². The Hall–Kier alpha value is -5.10. The molecule has 3 N–H and O–H groups in total. The van der Waals surface area contributed by atoms with Crippen LogP contribution in [0.25, 0.3) is 11.0 Å². The fourth-order valence-corrected chi connectivity index (χ4v) is 4.93. The van der Waals surface area contributed by atoms with E-state index < -0.39 is 10.0 Å². The maximum atomic E-state index is 13.5. The quantitative estimate of drug-likeness (QED) is 0.216. The Balaban J connectivity index is 1.45. The number of furan rings is 1. The van der Waals surface area contributed by atoms with Crippen molar-refractivity contribution in [3.63, 3.8) is 0 Å². The summed E-state index contributed by atoms with van der Waals surface area (Å²) in [6.07, 6.45) is 1.49. The first-order chi connectivity index (χ1) is 19.3. The Labute approximate surface area is 230 Å². The molecule has 0 spiro atoms. The lowest BCUT2D eigenvalue weighted by atomic mass is 10.2. The van der Waals surface area contributed by atoms with Crippen LogP contribution in [0.1, 0.15) is 5.76 Å². The number of amides is 1. The van der Waals surface area contributed by atoms with Crippen LogP contribution >= 0.6 is 0 Å². The average Bonchev–Trinajstić information content (AvgIpc) is 3.46. The number of benzene rings is 3. The number of para-hydroxylation sites is 2. The number of nitrogens with zero attached hydrogens (tertiary/aromatic N) is 2. The van der Waals surface area contributed by atoms with E-state index in [1.165, 1.54) is 38.7 Å². The predicted octanol–water partition coefficient (Wildman–Crippen LogP) is 4.97. The van der Waals surface area contributed by atoms with E-state index in [0.717, 1.165) is 0 Å². The molecule has 5 aromatic rings. The second-order valence-electron chi connectivity index (χ2n) is 8.57. The Morgan fingerprint density at radius 1 is 0.825 bits per heavy atom. The van der Waals surface area contributed by atoms with Gasteiger partial charge in [-0.25, -0.2) is 18.4 Å². The third-order valence-electron chi connectivity index (χ3n) is 5.76. The summed E-state index contributed by atoms with van der Waals surface area (Å²) in [4.78, 5) is 21.4. The standard InChI is InChI=1S/C28H25N5O6S/c1-37-21-13-19(14-22(16-21)38-2)30-27-28(32-25-11-4-3-10-24(25)31-27)33-40(35,36)23-9-5-7-18(15-23)29-26(34)17-20-8-6-12-39-20/h3-16H,17H2,1-2H3,(H,29,34)(H,30,31)(H,32,33). The number of carbonyl (C=O) groups excluding carboxylic acids is 1. The minimum atomic E-state index is -4.14. The Morgan fingerprint density at radius 3 is 2.17 bits per heavy atom. The fourth-order valence-electron chi connectivity index (χ4n) is 3.88. The topological polar surface area (TPSA) is 145 Å². The SMILES string of the molecule is COc1cc(Nc2nc3ccccc3nc2NS(=O)(=O)c2cccc(NC(=O)Cc3ccco3)c2)cc(OC)c1. The van der Waals surface area contributed by atoms with Crippen LogP contribution in [-0.4, -0.2) is 38.5 Å². The van der Waals surface area contributed by atoms with E-state index in [-0.39, 0.29) is 28.9 Å². The van der Waals surface area contributed by atoms with Gasteiger partial charge in [0.25, 0.3) is 10.0 Å². The molecule has 0 aliphatic heterocycles. The van der Waals surface area contributed by atoms with Crippen molar-refractivity contribution in [2.45, 2.75) is 11.3 Å². The Morgan fingerprint density at radius 2 is 1.52 bits per heavy atom. The maximum Gasteiger partial charge on any atom is 0.263 e. The molecule has 0 fully saturated rings. The van der Waals surface area contributed by atoms with E-state index in [0.29, 0.717) is 39.7 Å². The molecule has 12 heteroatoms. The second-order valence-corrected chi connectivity index (χ2v) is 10.3. The van der Waals surface area contributed by atoms with Gasteiger partial charge in [0.1, 0.15) is 17.3 Å². The minimum Gasteiger partial charge on any atom is -0.497 e. The molecule has 3 aromatic carbocycles. The number of carbonyl (C=O) groups is 1. The Bertz CT molecular complexity index is 1750. The van der Waals surface area contributed by atoms with Crippen LogP contribution in [0, 0.1) is 0 Å². The molecule has 0 radical (unpaired) electrons. The van der Waals surface area contributed by atoms with Crippen molar-refractivity contribution in [2.24, 2.45) is 0 Å². The maximum absolute atomic E-state index is 13.5. The molecule has 11 nitrogen and oxygen atoms in total. The van der Waals surface area contributed by atoms with Gasteiger partial charge in [-0.2, -0.15) is 0 Å². The zero-order chi connectivity index (χ0) is 28.1.